The van der Waals surface area contributed by atoms with Crippen molar-refractivity contribution in [1.82, 2.24) is 0 Å². The largest absolute Gasteiger partial charge is 0.452 e. The normalized spacial score (nSPS) is 11.8. The predicted molar refractivity (Wildman–Crippen MR) is 88.7 cm³/mol. The number of hydrogen-bond donors (Lipinski definition) is 1. The van der Waals surface area contributed by atoms with Crippen LogP contribution in [0.5, 0.6) is 0 Å². The third kappa shape index (κ3) is 4.73. The molecule has 1 amide bonds. The summed E-state index contributed by atoms with van der Waals surface area (Å²) in [5, 5.41) is 5.26. The maximum atomic E-state index is 12.0. The summed E-state index contributed by atoms with van der Waals surface area (Å²) >= 11 is 13.3. The molecule has 0 radical (unpaired) electrons. The van der Waals surface area contributed by atoms with Crippen molar-refractivity contribution in [1.29, 1.82) is 0 Å². The van der Waals surface area contributed by atoms with Crippen LogP contribution in [0.1, 0.15) is 11.8 Å². The van der Waals surface area contributed by atoms with Crippen molar-refractivity contribution in [2.45, 2.75) is 19.4 Å². The van der Waals surface area contributed by atoms with Crippen molar-refractivity contribution in [2.24, 2.45) is 0 Å². The summed E-state index contributed by atoms with van der Waals surface area (Å²) in [6.45, 7) is 1.50. The standard InChI is InChI=1S/C15H13Cl2NO3S/c1-9(21-14(19)8-11-3-2-6-22-11)15(20)18-13-7-10(16)4-5-12(13)17/h2-7,9H,8H2,1H3,(H,18,20)/t9-/m0/s1. The molecule has 0 aliphatic carbocycles. The van der Waals surface area contributed by atoms with E-state index in [1.807, 2.05) is 17.5 Å². The Morgan fingerprint density at radius 1 is 1.32 bits per heavy atom. The van der Waals surface area contributed by atoms with Gasteiger partial charge in [0.1, 0.15) is 0 Å². The smallest absolute Gasteiger partial charge is 0.311 e. The molecule has 0 bridgehead atoms. The van der Waals surface area contributed by atoms with Crippen LogP contribution >= 0.6 is 34.5 Å². The molecule has 1 N–H and O–H groups in total. The highest BCUT2D eigenvalue weighted by Gasteiger charge is 2.19. The van der Waals surface area contributed by atoms with Gasteiger partial charge in [0.2, 0.25) is 0 Å². The van der Waals surface area contributed by atoms with E-state index >= 15 is 0 Å². The first-order chi connectivity index (χ1) is 10.5. The number of rotatable bonds is 5. The van der Waals surface area contributed by atoms with Gasteiger partial charge in [-0.3, -0.25) is 9.59 Å². The number of nitrogens with one attached hydrogen (secondary N) is 1. The molecule has 1 heterocycles. The molecule has 0 aliphatic rings. The topological polar surface area (TPSA) is 55.4 Å². The minimum Gasteiger partial charge on any atom is -0.452 e. The predicted octanol–water partition coefficient (Wildman–Crippen LogP) is 4.17. The van der Waals surface area contributed by atoms with E-state index in [0.29, 0.717) is 15.7 Å². The Labute approximate surface area is 142 Å². The molecule has 0 fully saturated rings. The summed E-state index contributed by atoms with van der Waals surface area (Å²) in [5.74, 6) is -0.925. The lowest BCUT2D eigenvalue weighted by Gasteiger charge is -2.14. The van der Waals surface area contributed by atoms with Crippen LogP contribution in [0, 0.1) is 0 Å². The van der Waals surface area contributed by atoms with E-state index < -0.39 is 18.0 Å². The molecular weight excluding hydrogens is 345 g/mol. The number of esters is 1. The molecule has 22 heavy (non-hydrogen) atoms. The molecule has 1 aromatic carbocycles. The first kappa shape index (κ1) is 16.8. The molecule has 2 aromatic rings. The Kier molecular flexibility index (Phi) is 5.83. The van der Waals surface area contributed by atoms with E-state index in [-0.39, 0.29) is 6.42 Å². The first-order valence-electron chi connectivity index (χ1n) is 6.43. The van der Waals surface area contributed by atoms with Gasteiger partial charge in [-0.15, -0.1) is 11.3 Å². The second-order valence-corrected chi connectivity index (χ2v) is 6.38. The Morgan fingerprint density at radius 3 is 2.77 bits per heavy atom. The van der Waals surface area contributed by atoms with Crippen LogP contribution in [0.2, 0.25) is 10.0 Å². The van der Waals surface area contributed by atoms with Gasteiger partial charge >= 0.3 is 5.97 Å². The lowest BCUT2D eigenvalue weighted by Crippen LogP contribution is -2.30. The summed E-state index contributed by atoms with van der Waals surface area (Å²) in [6.07, 6.45) is -0.782. The zero-order chi connectivity index (χ0) is 16.1. The Hall–Kier alpha value is -1.56. The SMILES string of the molecule is C[C@H](OC(=O)Cc1cccs1)C(=O)Nc1cc(Cl)ccc1Cl. The zero-order valence-electron chi connectivity index (χ0n) is 11.6. The van der Waals surface area contributed by atoms with Crippen LogP contribution in [0.3, 0.4) is 0 Å². The van der Waals surface area contributed by atoms with Crippen molar-refractivity contribution in [3.05, 3.63) is 50.6 Å². The van der Waals surface area contributed by atoms with E-state index in [1.165, 1.54) is 24.3 Å². The molecule has 116 valence electrons. The molecule has 0 saturated heterocycles. The second kappa shape index (κ2) is 7.63. The third-order valence-corrected chi connectivity index (χ3v) is 4.20. The van der Waals surface area contributed by atoms with Gasteiger partial charge in [-0.25, -0.2) is 0 Å². The highest BCUT2D eigenvalue weighted by molar-refractivity contribution is 7.10. The maximum absolute atomic E-state index is 12.0. The fourth-order valence-electron chi connectivity index (χ4n) is 1.68. The number of thiophene rings is 1. The third-order valence-electron chi connectivity index (χ3n) is 2.76. The number of carbonyl (C=O) groups is 2. The highest BCUT2D eigenvalue weighted by atomic mass is 35.5. The number of hydrogen-bond acceptors (Lipinski definition) is 4. The molecule has 4 nitrogen and oxygen atoms in total. The number of ether oxygens (including phenoxy) is 1. The van der Waals surface area contributed by atoms with Gasteiger partial charge in [0.15, 0.2) is 6.10 Å². The summed E-state index contributed by atoms with van der Waals surface area (Å²) in [4.78, 5) is 24.7. The minimum atomic E-state index is -0.928. The molecule has 1 aromatic heterocycles. The molecule has 2 rings (SSSR count). The molecule has 7 heteroatoms. The van der Waals surface area contributed by atoms with Gasteiger partial charge in [0, 0.05) is 9.90 Å². The van der Waals surface area contributed by atoms with Crippen LogP contribution in [0.15, 0.2) is 35.7 Å². The van der Waals surface area contributed by atoms with Gasteiger partial charge in [0.05, 0.1) is 17.1 Å². The van der Waals surface area contributed by atoms with E-state index in [9.17, 15) is 9.59 Å². The molecule has 0 unspecified atom stereocenters. The Morgan fingerprint density at radius 2 is 2.09 bits per heavy atom. The van der Waals surface area contributed by atoms with E-state index in [2.05, 4.69) is 5.32 Å². The van der Waals surface area contributed by atoms with Gasteiger partial charge in [-0.2, -0.15) is 0 Å². The van der Waals surface area contributed by atoms with Crippen molar-refractivity contribution < 1.29 is 14.3 Å². The first-order valence-corrected chi connectivity index (χ1v) is 8.07. The van der Waals surface area contributed by atoms with Crippen LogP contribution < -0.4 is 5.32 Å². The van der Waals surface area contributed by atoms with Crippen molar-refractivity contribution in [3.8, 4) is 0 Å². The molecular formula is C15H13Cl2NO3S. The summed E-state index contributed by atoms with van der Waals surface area (Å²) in [7, 11) is 0. The van der Waals surface area contributed by atoms with Crippen LogP contribution in [-0.4, -0.2) is 18.0 Å². The maximum Gasteiger partial charge on any atom is 0.311 e. The summed E-state index contributed by atoms with van der Waals surface area (Å²) in [5.41, 5.74) is 0.375. The molecule has 0 spiro atoms. The number of halogens is 2. The van der Waals surface area contributed by atoms with E-state index in [0.717, 1.165) is 4.88 Å². The Balaban J connectivity index is 1.91. The van der Waals surface area contributed by atoms with E-state index in [1.54, 1.807) is 12.1 Å². The minimum absolute atomic E-state index is 0.146. The second-order valence-electron chi connectivity index (χ2n) is 4.50. The molecule has 0 saturated carbocycles. The van der Waals surface area contributed by atoms with Crippen molar-refractivity contribution >= 4 is 52.1 Å². The van der Waals surface area contributed by atoms with Crippen LogP contribution in [0.25, 0.3) is 0 Å². The number of benzene rings is 1. The van der Waals surface area contributed by atoms with Gasteiger partial charge in [-0.1, -0.05) is 29.3 Å². The monoisotopic (exact) mass is 357 g/mol. The van der Waals surface area contributed by atoms with Gasteiger partial charge < -0.3 is 10.1 Å². The number of anilines is 1. The molecule has 0 aliphatic heterocycles. The average Bonchev–Trinajstić information content (AvgIpc) is 2.95. The van der Waals surface area contributed by atoms with Gasteiger partial charge in [0.25, 0.3) is 5.91 Å². The lowest BCUT2D eigenvalue weighted by atomic mass is 10.3. The van der Waals surface area contributed by atoms with E-state index in [4.69, 9.17) is 27.9 Å². The van der Waals surface area contributed by atoms with Gasteiger partial charge in [-0.05, 0) is 36.6 Å². The van der Waals surface area contributed by atoms with Crippen LogP contribution in [0.4, 0.5) is 5.69 Å². The van der Waals surface area contributed by atoms with Crippen molar-refractivity contribution in [3.63, 3.8) is 0 Å². The zero-order valence-corrected chi connectivity index (χ0v) is 14.0. The lowest BCUT2D eigenvalue weighted by molar-refractivity contribution is -0.152. The number of carbonyl (C=O) groups excluding carboxylic acids is 2. The quantitative estimate of drug-likeness (QED) is 0.817. The fourth-order valence-corrected chi connectivity index (χ4v) is 2.70. The summed E-state index contributed by atoms with van der Waals surface area (Å²) < 4.78 is 5.11. The van der Waals surface area contributed by atoms with Crippen LogP contribution in [-0.2, 0) is 20.7 Å². The average molecular weight is 358 g/mol. The number of amides is 1. The Bertz CT molecular complexity index is 673. The summed E-state index contributed by atoms with van der Waals surface area (Å²) in [6, 6.07) is 8.41. The molecule has 1 atom stereocenters. The highest BCUT2D eigenvalue weighted by Crippen LogP contribution is 2.25. The fraction of sp³-hybridized carbons (Fsp3) is 0.200. The van der Waals surface area contributed by atoms with Crippen molar-refractivity contribution in [2.75, 3.05) is 5.32 Å².